The van der Waals surface area contributed by atoms with Crippen molar-refractivity contribution in [2.45, 2.75) is 49.0 Å². The van der Waals surface area contributed by atoms with Crippen molar-refractivity contribution in [3.63, 3.8) is 0 Å². The van der Waals surface area contributed by atoms with Crippen molar-refractivity contribution in [2.75, 3.05) is 11.9 Å². The van der Waals surface area contributed by atoms with Crippen LogP contribution in [0.3, 0.4) is 0 Å². The summed E-state index contributed by atoms with van der Waals surface area (Å²) in [6, 6.07) is 12.1. The molecule has 7 nitrogen and oxygen atoms in total. The molecule has 2 amide bonds. The summed E-state index contributed by atoms with van der Waals surface area (Å²) in [7, 11) is 0. The zero-order chi connectivity index (χ0) is 24.3. The number of nitrogens with one attached hydrogen (secondary N) is 1. The van der Waals surface area contributed by atoms with Crippen LogP contribution in [0.4, 0.5) is 15.7 Å². The third-order valence-electron chi connectivity index (χ3n) is 4.95. The molecule has 0 saturated carbocycles. The minimum atomic E-state index is -0.635. The maximum Gasteiger partial charge on any atom is 0.417 e. The summed E-state index contributed by atoms with van der Waals surface area (Å²) in [5, 5.41) is 5.96. The van der Waals surface area contributed by atoms with Crippen LogP contribution >= 0.6 is 39.0 Å². The molecule has 4 rings (SSSR count). The second kappa shape index (κ2) is 10.5. The molecule has 10 heteroatoms. The second-order valence-corrected chi connectivity index (χ2v) is 11.7. The van der Waals surface area contributed by atoms with E-state index in [0.29, 0.717) is 30.3 Å². The largest absolute Gasteiger partial charge is 0.443 e. The van der Waals surface area contributed by atoms with E-state index in [4.69, 9.17) is 4.74 Å². The normalized spacial score (nSPS) is 16.1. The molecule has 2 aromatic heterocycles. The SMILES string of the molecule is CC(C)(C)OC(=O)N1CCC(Cc2csc(Nc3ncc(Br)cc3Sc3ccccc3)n2)C1=O. The van der Waals surface area contributed by atoms with E-state index in [9.17, 15) is 9.59 Å². The first-order chi connectivity index (χ1) is 16.2. The maximum absolute atomic E-state index is 12.8. The van der Waals surface area contributed by atoms with Gasteiger partial charge >= 0.3 is 6.09 Å². The van der Waals surface area contributed by atoms with E-state index in [1.165, 1.54) is 16.2 Å². The zero-order valence-corrected chi connectivity index (χ0v) is 22.3. The maximum atomic E-state index is 12.8. The molecule has 1 N–H and O–H groups in total. The van der Waals surface area contributed by atoms with Gasteiger partial charge in [0.15, 0.2) is 5.13 Å². The molecule has 178 valence electrons. The molecule has 3 aromatic rings. The van der Waals surface area contributed by atoms with E-state index in [2.05, 4.69) is 43.3 Å². The highest BCUT2D eigenvalue weighted by molar-refractivity contribution is 9.10. The van der Waals surface area contributed by atoms with Crippen molar-refractivity contribution < 1.29 is 14.3 Å². The Balaban J connectivity index is 1.41. The van der Waals surface area contributed by atoms with Gasteiger partial charge in [0.1, 0.15) is 11.4 Å². The topological polar surface area (TPSA) is 84.4 Å². The number of carbonyl (C=O) groups excluding carboxylic acids is 2. The number of ether oxygens (including phenoxy) is 1. The van der Waals surface area contributed by atoms with Crippen LogP contribution in [-0.2, 0) is 16.0 Å². The van der Waals surface area contributed by atoms with Crippen molar-refractivity contribution in [1.82, 2.24) is 14.9 Å². The number of carbonyl (C=O) groups is 2. The lowest BCUT2D eigenvalue weighted by atomic mass is 10.0. The first kappa shape index (κ1) is 24.7. The molecule has 34 heavy (non-hydrogen) atoms. The van der Waals surface area contributed by atoms with Crippen molar-refractivity contribution in [1.29, 1.82) is 0 Å². The van der Waals surface area contributed by atoms with Gasteiger partial charge in [-0.1, -0.05) is 30.0 Å². The Hall–Kier alpha value is -2.43. The van der Waals surface area contributed by atoms with Gasteiger partial charge in [-0.3, -0.25) is 4.79 Å². The number of halogens is 1. The number of thiazole rings is 1. The Labute approximate surface area is 215 Å². The Morgan fingerprint density at radius 3 is 2.82 bits per heavy atom. The number of nitrogens with zero attached hydrogens (tertiary/aromatic N) is 3. The molecule has 1 unspecified atom stereocenters. The first-order valence-electron chi connectivity index (χ1n) is 10.8. The fourth-order valence-corrected chi connectivity index (χ4v) is 5.58. The molecule has 1 atom stereocenters. The fourth-order valence-electron chi connectivity index (χ4n) is 3.45. The lowest BCUT2D eigenvalue weighted by molar-refractivity contribution is -0.130. The molecule has 3 heterocycles. The zero-order valence-electron chi connectivity index (χ0n) is 19.1. The van der Waals surface area contributed by atoms with Crippen LogP contribution < -0.4 is 5.32 Å². The lowest BCUT2D eigenvalue weighted by Crippen LogP contribution is -2.38. The number of aromatic nitrogens is 2. The average Bonchev–Trinajstić information content (AvgIpc) is 3.36. The summed E-state index contributed by atoms with van der Waals surface area (Å²) < 4.78 is 6.25. The summed E-state index contributed by atoms with van der Waals surface area (Å²) >= 11 is 6.58. The van der Waals surface area contributed by atoms with E-state index >= 15 is 0 Å². The highest BCUT2D eigenvalue weighted by atomic mass is 79.9. The van der Waals surface area contributed by atoms with E-state index in [-0.39, 0.29) is 11.8 Å². The average molecular weight is 562 g/mol. The highest BCUT2D eigenvalue weighted by Crippen LogP contribution is 2.36. The molecule has 1 aromatic carbocycles. The summed E-state index contributed by atoms with van der Waals surface area (Å²) in [6.07, 6.45) is 2.25. The smallest absolute Gasteiger partial charge is 0.417 e. The molecule has 0 radical (unpaired) electrons. The molecule has 1 fully saturated rings. The van der Waals surface area contributed by atoms with Crippen LogP contribution in [-0.4, -0.2) is 39.0 Å². The van der Waals surface area contributed by atoms with Crippen LogP contribution in [0.15, 0.2) is 62.2 Å². The van der Waals surface area contributed by atoms with Gasteiger partial charge in [0.2, 0.25) is 5.91 Å². The quantitative estimate of drug-likeness (QED) is 0.367. The van der Waals surface area contributed by atoms with Gasteiger partial charge in [-0.2, -0.15) is 0 Å². The minimum Gasteiger partial charge on any atom is -0.443 e. The van der Waals surface area contributed by atoms with Crippen molar-refractivity contribution >= 4 is 62.0 Å². The number of pyridine rings is 1. The number of anilines is 2. The number of likely N-dealkylation sites (tertiary alicyclic amines) is 1. The molecule has 1 aliphatic heterocycles. The van der Waals surface area contributed by atoms with Gasteiger partial charge in [0, 0.05) is 39.8 Å². The molecule has 1 aliphatic rings. The van der Waals surface area contributed by atoms with Crippen molar-refractivity contribution in [3.05, 3.63) is 58.1 Å². The Bertz CT molecular complexity index is 1180. The molecular weight excluding hydrogens is 536 g/mol. The predicted molar refractivity (Wildman–Crippen MR) is 138 cm³/mol. The third-order valence-corrected chi connectivity index (χ3v) is 7.23. The van der Waals surface area contributed by atoms with Crippen LogP contribution in [0.5, 0.6) is 0 Å². The van der Waals surface area contributed by atoms with E-state index < -0.39 is 11.7 Å². The van der Waals surface area contributed by atoms with Crippen LogP contribution in [0.2, 0.25) is 0 Å². The molecule has 0 aliphatic carbocycles. The van der Waals surface area contributed by atoms with Gasteiger partial charge < -0.3 is 10.1 Å². The Morgan fingerprint density at radius 1 is 1.32 bits per heavy atom. The summed E-state index contributed by atoms with van der Waals surface area (Å²) in [6.45, 7) is 5.74. The molecule has 0 spiro atoms. The Kier molecular flexibility index (Phi) is 7.59. The van der Waals surface area contributed by atoms with Gasteiger partial charge in [-0.25, -0.2) is 19.7 Å². The Morgan fingerprint density at radius 2 is 2.09 bits per heavy atom. The summed E-state index contributed by atoms with van der Waals surface area (Å²) in [4.78, 5) is 37.5. The predicted octanol–water partition coefficient (Wildman–Crippen LogP) is 6.52. The standard InChI is InChI=1S/C24H25BrN4O3S2/c1-24(2,3)32-23(31)29-10-9-15(21(29)30)11-17-14-33-22(27-17)28-20-19(12-16(25)13-26-20)34-18-7-5-4-6-8-18/h4-8,12-15H,9-11H2,1-3H3,(H,26,27,28). The van der Waals surface area contributed by atoms with Crippen LogP contribution in [0, 0.1) is 5.92 Å². The molecule has 1 saturated heterocycles. The molecular formula is C24H25BrN4O3S2. The molecule has 0 bridgehead atoms. The monoisotopic (exact) mass is 560 g/mol. The van der Waals surface area contributed by atoms with Crippen molar-refractivity contribution in [2.24, 2.45) is 5.92 Å². The van der Waals surface area contributed by atoms with Gasteiger partial charge in [0.05, 0.1) is 10.6 Å². The fraction of sp³-hybridized carbons (Fsp3) is 0.333. The second-order valence-electron chi connectivity index (χ2n) is 8.84. The van der Waals surface area contributed by atoms with Gasteiger partial charge in [-0.15, -0.1) is 11.3 Å². The van der Waals surface area contributed by atoms with E-state index in [1.54, 1.807) is 38.7 Å². The van der Waals surface area contributed by atoms with E-state index in [1.807, 2.05) is 29.6 Å². The number of amides is 2. The summed E-state index contributed by atoms with van der Waals surface area (Å²) in [5.74, 6) is 0.233. The third kappa shape index (κ3) is 6.37. The lowest BCUT2D eigenvalue weighted by Gasteiger charge is -2.23. The van der Waals surface area contributed by atoms with E-state index in [0.717, 1.165) is 20.0 Å². The number of hydrogen-bond donors (Lipinski definition) is 1. The number of hydrogen-bond acceptors (Lipinski definition) is 8. The summed E-state index contributed by atoms with van der Waals surface area (Å²) in [5.41, 5.74) is 0.176. The highest BCUT2D eigenvalue weighted by Gasteiger charge is 2.38. The van der Waals surface area contributed by atoms with Crippen LogP contribution in [0.25, 0.3) is 0 Å². The van der Waals surface area contributed by atoms with Crippen LogP contribution in [0.1, 0.15) is 32.9 Å². The first-order valence-corrected chi connectivity index (χ1v) is 13.3. The van der Waals surface area contributed by atoms with Gasteiger partial charge in [0.25, 0.3) is 0 Å². The number of rotatable bonds is 6. The number of imide groups is 1. The minimum absolute atomic E-state index is 0.201. The van der Waals surface area contributed by atoms with Gasteiger partial charge in [-0.05, 0) is 61.3 Å². The number of benzene rings is 1. The van der Waals surface area contributed by atoms with Crippen molar-refractivity contribution in [3.8, 4) is 0 Å².